The number of anilines is 1. The Hall–Kier alpha value is -1.18. The van der Waals surface area contributed by atoms with Gasteiger partial charge in [0.2, 0.25) is 0 Å². The summed E-state index contributed by atoms with van der Waals surface area (Å²) in [6.45, 7) is 7.86. The first-order chi connectivity index (χ1) is 11.3. The molecule has 1 aromatic carbocycles. The number of aryl methyl sites for hydroxylation is 2. The summed E-state index contributed by atoms with van der Waals surface area (Å²) in [5, 5.41) is 4.09. The number of rotatable bonds is 2. The SMILES string of the molecule is Cc1ccc(NC(=S)N2CC[NH+]([C@H]3CCS(=O)(=O)C3)CC2)cc1C. The van der Waals surface area contributed by atoms with Gasteiger partial charge in [-0.25, -0.2) is 8.42 Å². The van der Waals surface area contributed by atoms with Gasteiger partial charge in [-0.15, -0.1) is 0 Å². The summed E-state index contributed by atoms with van der Waals surface area (Å²) in [6.07, 6.45) is 0.809. The Labute approximate surface area is 149 Å². The molecule has 0 radical (unpaired) electrons. The van der Waals surface area contributed by atoms with E-state index in [0.717, 1.165) is 43.4 Å². The van der Waals surface area contributed by atoms with Crippen molar-refractivity contribution in [2.75, 3.05) is 43.0 Å². The zero-order valence-electron chi connectivity index (χ0n) is 14.3. The van der Waals surface area contributed by atoms with Gasteiger partial charge in [0.05, 0.1) is 31.9 Å². The summed E-state index contributed by atoms with van der Waals surface area (Å²) in [5.41, 5.74) is 3.55. The number of hydrogen-bond donors (Lipinski definition) is 2. The molecule has 24 heavy (non-hydrogen) atoms. The zero-order chi connectivity index (χ0) is 17.3. The van der Waals surface area contributed by atoms with Crippen LogP contribution in [0.15, 0.2) is 18.2 Å². The van der Waals surface area contributed by atoms with E-state index in [1.165, 1.54) is 16.0 Å². The molecular formula is C17H26N3O2S2+. The van der Waals surface area contributed by atoms with Crippen molar-refractivity contribution in [2.45, 2.75) is 26.3 Å². The lowest BCUT2D eigenvalue weighted by atomic mass is 10.1. The van der Waals surface area contributed by atoms with Crippen molar-refractivity contribution in [3.8, 4) is 0 Å². The Bertz CT molecular complexity index is 725. The molecule has 2 heterocycles. The number of nitrogens with zero attached hydrogens (tertiary/aromatic N) is 1. The van der Waals surface area contributed by atoms with E-state index in [4.69, 9.17) is 12.2 Å². The maximum atomic E-state index is 11.7. The molecule has 2 N–H and O–H groups in total. The predicted molar refractivity (Wildman–Crippen MR) is 101 cm³/mol. The second kappa shape index (κ2) is 6.98. The highest BCUT2D eigenvalue weighted by atomic mass is 32.2. The van der Waals surface area contributed by atoms with Crippen LogP contribution < -0.4 is 10.2 Å². The Morgan fingerprint density at radius 1 is 1.25 bits per heavy atom. The Morgan fingerprint density at radius 3 is 2.54 bits per heavy atom. The second-order valence-electron chi connectivity index (χ2n) is 6.97. The number of nitrogens with one attached hydrogen (secondary N) is 2. The third-order valence-corrected chi connectivity index (χ3v) is 7.39. The summed E-state index contributed by atoms with van der Waals surface area (Å²) in [7, 11) is -2.80. The molecule has 5 nitrogen and oxygen atoms in total. The maximum absolute atomic E-state index is 11.7. The van der Waals surface area contributed by atoms with E-state index in [2.05, 4.69) is 42.3 Å². The third-order valence-electron chi connectivity index (χ3n) is 5.26. The largest absolute Gasteiger partial charge is 0.338 e. The lowest BCUT2D eigenvalue weighted by Crippen LogP contribution is -3.18. The highest BCUT2D eigenvalue weighted by Crippen LogP contribution is 2.15. The van der Waals surface area contributed by atoms with E-state index < -0.39 is 9.84 Å². The van der Waals surface area contributed by atoms with Crippen LogP contribution in [0.5, 0.6) is 0 Å². The minimum atomic E-state index is -2.80. The van der Waals surface area contributed by atoms with Gasteiger partial charge >= 0.3 is 0 Å². The van der Waals surface area contributed by atoms with Crippen molar-refractivity contribution in [3.05, 3.63) is 29.3 Å². The molecule has 1 aromatic rings. The highest BCUT2D eigenvalue weighted by Gasteiger charge is 2.37. The van der Waals surface area contributed by atoms with Crippen molar-refractivity contribution in [1.29, 1.82) is 0 Å². The number of sulfone groups is 1. The monoisotopic (exact) mass is 368 g/mol. The van der Waals surface area contributed by atoms with Gasteiger partial charge in [0.15, 0.2) is 14.9 Å². The molecular weight excluding hydrogens is 342 g/mol. The minimum Gasteiger partial charge on any atom is -0.338 e. The predicted octanol–water partition coefficient (Wildman–Crippen LogP) is 0.388. The molecule has 2 aliphatic heterocycles. The summed E-state index contributed by atoms with van der Waals surface area (Å²) >= 11 is 5.55. The van der Waals surface area contributed by atoms with E-state index in [-0.39, 0.29) is 6.04 Å². The van der Waals surface area contributed by atoms with Crippen LogP contribution in [0.25, 0.3) is 0 Å². The summed E-state index contributed by atoms with van der Waals surface area (Å²) < 4.78 is 23.3. The smallest absolute Gasteiger partial charge is 0.173 e. The molecule has 7 heteroatoms. The molecule has 0 saturated carbocycles. The fourth-order valence-electron chi connectivity index (χ4n) is 3.54. The normalized spacial score (nSPS) is 24.1. The summed E-state index contributed by atoms with van der Waals surface area (Å²) in [4.78, 5) is 3.61. The second-order valence-corrected chi connectivity index (χ2v) is 9.59. The zero-order valence-corrected chi connectivity index (χ0v) is 16.0. The summed E-state index contributed by atoms with van der Waals surface area (Å²) in [6, 6.07) is 6.55. The molecule has 2 saturated heterocycles. The van der Waals surface area contributed by atoms with E-state index >= 15 is 0 Å². The van der Waals surface area contributed by atoms with Crippen LogP contribution in [0.2, 0.25) is 0 Å². The van der Waals surface area contributed by atoms with E-state index in [1.807, 2.05) is 0 Å². The van der Waals surface area contributed by atoms with Gasteiger partial charge in [0, 0.05) is 12.1 Å². The van der Waals surface area contributed by atoms with Crippen molar-refractivity contribution < 1.29 is 13.3 Å². The van der Waals surface area contributed by atoms with Gasteiger partial charge < -0.3 is 15.1 Å². The van der Waals surface area contributed by atoms with Gasteiger partial charge in [-0.3, -0.25) is 0 Å². The summed E-state index contributed by atoms with van der Waals surface area (Å²) in [5.74, 6) is 0.714. The van der Waals surface area contributed by atoms with Gasteiger partial charge in [-0.1, -0.05) is 6.07 Å². The van der Waals surface area contributed by atoms with Crippen LogP contribution in [-0.4, -0.2) is 62.2 Å². The van der Waals surface area contributed by atoms with Crippen molar-refractivity contribution >= 4 is 32.9 Å². The fourth-order valence-corrected chi connectivity index (χ4v) is 5.67. The van der Waals surface area contributed by atoms with Crippen LogP contribution in [0.3, 0.4) is 0 Å². The third kappa shape index (κ3) is 4.07. The highest BCUT2D eigenvalue weighted by molar-refractivity contribution is 7.91. The number of quaternary nitrogens is 1. The Morgan fingerprint density at radius 2 is 1.96 bits per heavy atom. The van der Waals surface area contributed by atoms with Crippen molar-refractivity contribution in [3.63, 3.8) is 0 Å². The molecule has 2 aliphatic rings. The molecule has 0 spiro atoms. The Balaban J connectivity index is 1.52. The molecule has 0 amide bonds. The van der Waals surface area contributed by atoms with Crippen LogP contribution in [-0.2, 0) is 9.84 Å². The standard InChI is InChI=1S/C17H25N3O2S2/c1-13-3-4-15(11-14(13)2)18-17(23)20-8-6-19(7-9-20)16-5-10-24(21,22)12-16/h3-4,11,16H,5-10,12H2,1-2H3,(H,18,23)/p+1/t16-/m0/s1. The minimum absolute atomic E-state index is 0.276. The number of piperazine rings is 1. The van der Waals surface area contributed by atoms with E-state index in [0.29, 0.717) is 11.5 Å². The van der Waals surface area contributed by atoms with Crippen LogP contribution >= 0.6 is 12.2 Å². The number of benzene rings is 1. The molecule has 2 fully saturated rings. The lowest BCUT2D eigenvalue weighted by Gasteiger charge is -2.36. The molecule has 0 aliphatic carbocycles. The average Bonchev–Trinajstić information content (AvgIpc) is 2.91. The average molecular weight is 369 g/mol. The van der Waals surface area contributed by atoms with Crippen molar-refractivity contribution in [1.82, 2.24) is 4.90 Å². The fraction of sp³-hybridized carbons (Fsp3) is 0.588. The topological polar surface area (TPSA) is 53.9 Å². The van der Waals surface area contributed by atoms with Crippen LogP contribution in [0.1, 0.15) is 17.5 Å². The van der Waals surface area contributed by atoms with Crippen LogP contribution in [0, 0.1) is 13.8 Å². The number of hydrogen-bond acceptors (Lipinski definition) is 3. The molecule has 132 valence electrons. The molecule has 0 bridgehead atoms. The van der Waals surface area contributed by atoms with E-state index in [1.54, 1.807) is 0 Å². The first-order valence-electron chi connectivity index (χ1n) is 8.52. The Kier molecular flexibility index (Phi) is 5.13. The first kappa shape index (κ1) is 17.6. The van der Waals surface area contributed by atoms with Gasteiger partial charge in [-0.2, -0.15) is 0 Å². The first-order valence-corrected chi connectivity index (χ1v) is 10.8. The van der Waals surface area contributed by atoms with Gasteiger partial charge in [0.25, 0.3) is 0 Å². The molecule has 0 aromatic heterocycles. The van der Waals surface area contributed by atoms with Gasteiger partial charge in [-0.05, 0) is 49.3 Å². The maximum Gasteiger partial charge on any atom is 0.173 e. The quantitative estimate of drug-likeness (QED) is 0.740. The van der Waals surface area contributed by atoms with E-state index in [9.17, 15) is 8.42 Å². The lowest BCUT2D eigenvalue weighted by molar-refractivity contribution is -0.925. The number of thiocarbonyl (C=S) groups is 1. The molecule has 1 atom stereocenters. The van der Waals surface area contributed by atoms with Crippen LogP contribution in [0.4, 0.5) is 5.69 Å². The molecule has 3 rings (SSSR count). The van der Waals surface area contributed by atoms with Gasteiger partial charge in [0.1, 0.15) is 11.8 Å². The molecule has 0 unspecified atom stereocenters. The van der Waals surface area contributed by atoms with Crippen molar-refractivity contribution in [2.24, 2.45) is 0 Å².